The van der Waals surface area contributed by atoms with Gasteiger partial charge in [0.2, 0.25) is 0 Å². The molecule has 0 radical (unpaired) electrons. The quantitative estimate of drug-likeness (QED) is 0.486. The van der Waals surface area contributed by atoms with Crippen molar-refractivity contribution >= 4 is 5.71 Å². The summed E-state index contributed by atoms with van der Waals surface area (Å²) in [7, 11) is 0. The number of fused-ring (bicyclic) bond motifs is 1. The second kappa shape index (κ2) is 2.73. The molecule has 0 N–H and O–H groups in total. The van der Waals surface area contributed by atoms with Crippen LogP contribution < -0.4 is 0 Å². The molecule has 1 fully saturated rings. The van der Waals surface area contributed by atoms with Gasteiger partial charge in [0.15, 0.2) is 0 Å². The largest absolute Gasteiger partial charge is 0.294 e. The molecule has 1 aliphatic carbocycles. The molecule has 0 aromatic carbocycles. The van der Waals surface area contributed by atoms with Crippen molar-refractivity contribution in [2.75, 3.05) is 6.54 Å². The van der Waals surface area contributed by atoms with E-state index >= 15 is 0 Å². The van der Waals surface area contributed by atoms with Crippen LogP contribution in [-0.2, 0) is 0 Å². The normalized spacial score (nSPS) is 32.8. The summed E-state index contributed by atoms with van der Waals surface area (Å²) in [5.74, 6) is 0.905. The molecule has 0 bridgehead atoms. The van der Waals surface area contributed by atoms with E-state index in [0.717, 1.165) is 12.5 Å². The first-order chi connectivity index (χ1) is 4.97. The maximum absolute atomic E-state index is 4.57. The summed E-state index contributed by atoms with van der Waals surface area (Å²) in [6.07, 6.45) is 8.36. The molecule has 1 aliphatic heterocycles. The van der Waals surface area contributed by atoms with Crippen molar-refractivity contribution in [3.05, 3.63) is 0 Å². The maximum Gasteiger partial charge on any atom is 0.0389 e. The van der Waals surface area contributed by atoms with Crippen LogP contribution in [0.3, 0.4) is 0 Å². The van der Waals surface area contributed by atoms with Gasteiger partial charge < -0.3 is 0 Å². The second-order valence-electron chi connectivity index (χ2n) is 3.46. The van der Waals surface area contributed by atoms with Crippen LogP contribution in [0.1, 0.15) is 38.5 Å². The van der Waals surface area contributed by atoms with Crippen LogP contribution >= 0.6 is 0 Å². The highest BCUT2D eigenvalue weighted by molar-refractivity contribution is 5.87. The highest BCUT2D eigenvalue weighted by Gasteiger charge is 2.21. The Labute approximate surface area is 62.5 Å². The predicted molar refractivity (Wildman–Crippen MR) is 43.5 cm³/mol. The van der Waals surface area contributed by atoms with Crippen molar-refractivity contribution in [2.24, 2.45) is 10.9 Å². The zero-order valence-electron chi connectivity index (χ0n) is 6.47. The lowest BCUT2D eigenvalue weighted by atomic mass is 9.83. The molecule has 1 saturated carbocycles. The van der Waals surface area contributed by atoms with Gasteiger partial charge in [-0.2, -0.15) is 0 Å². The first-order valence-corrected chi connectivity index (χ1v) is 4.50. The predicted octanol–water partition coefficient (Wildman–Crippen LogP) is 2.41. The van der Waals surface area contributed by atoms with Gasteiger partial charge in [0, 0.05) is 12.3 Å². The Morgan fingerprint density at radius 1 is 1.10 bits per heavy atom. The second-order valence-corrected chi connectivity index (χ2v) is 3.46. The number of aliphatic imine (C=N–C) groups is 1. The van der Waals surface area contributed by atoms with E-state index in [-0.39, 0.29) is 0 Å². The van der Waals surface area contributed by atoms with Crippen molar-refractivity contribution in [3.63, 3.8) is 0 Å². The molecular weight excluding hydrogens is 122 g/mol. The molecule has 0 spiro atoms. The summed E-state index contributed by atoms with van der Waals surface area (Å²) in [5.41, 5.74) is 1.55. The molecule has 10 heavy (non-hydrogen) atoms. The molecule has 0 aromatic heterocycles. The number of nitrogens with zero attached hydrogens (tertiary/aromatic N) is 1. The van der Waals surface area contributed by atoms with Crippen molar-refractivity contribution in [3.8, 4) is 0 Å². The SMILES string of the molecule is C1CC[C@H]2CCCN=C2C1. The summed E-state index contributed by atoms with van der Waals surface area (Å²) in [6.45, 7) is 1.12. The molecular formula is C9H15N. The zero-order valence-corrected chi connectivity index (χ0v) is 6.47. The van der Waals surface area contributed by atoms with Gasteiger partial charge in [0.1, 0.15) is 0 Å². The molecule has 0 saturated heterocycles. The van der Waals surface area contributed by atoms with Crippen molar-refractivity contribution in [2.45, 2.75) is 38.5 Å². The summed E-state index contributed by atoms with van der Waals surface area (Å²) in [6, 6.07) is 0. The van der Waals surface area contributed by atoms with Crippen LogP contribution in [0.4, 0.5) is 0 Å². The molecule has 1 atom stereocenters. The minimum absolute atomic E-state index is 0.905. The zero-order chi connectivity index (χ0) is 6.81. The first kappa shape index (κ1) is 6.38. The fourth-order valence-electron chi connectivity index (χ4n) is 2.15. The Morgan fingerprint density at radius 2 is 2.00 bits per heavy atom. The minimum atomic E-state index is 0.905. The smallest absolute Gasteiger partial charge is 0.0389 e. The molecule has 1 nitrogen and oxygen atoms in total. The Morgan fingerprint density at radius 3 is 2.90 bits per heavy atom. The van der Waals surface area contributed by atoms with Gasteiger partial charge in [-0.15, -0.1) is 0 Å². The fraction of sp³-hybridized carbons (Fsp3) is 0.889. The van der Waals surface area contributed by atoms with E-state index in [2.05, 4.69) is 4.99 Å². The van der Waals surface area contributed by atoms with E-state index in [1.54, 1.807) is 5.71 Å². The Kier molecular flexibility index (Phi) is 1.74. The molecule has 1 heterocycles. The van der Waals surface area contributed by atoms with Crippen LogP contribution in [0, 0.1) is 5.92 Å². The summed E-state index contributed by atoms with van der Waals surface area (Å²) in [4.78, 5) is 4.57. The van der Waals surface area contributed by atoms with Gasteiger partial charge in [-0.3, -0.25) is 4.99 Å². The molecule has 0 aromatic rings. The van der Waals surface area contributed by atoms with Crippen LogP contribution in [0.25, 0.3) is 0 Å². The van der Waals surface area contributed by atoms with E-state index in [4.69, 9.17) is 0 Å². The summed E-state index contributed by atoms with van der Waals surface area (Å²) < 4.78 is 0. The monoisotopic (exact) mass is 137 g/mol. The van der Waals surface area contributed by atoms with Crippen LogP contribution in [0.15, 0.2) is 4.99 Å². The van der Waals surface area contributed by atoms with Gasteiger partial charge >= 0.3 is 0 Å². The Balaban J connectivity index is 2.08. The molecule has 0 unspecified atom stereocenters. The average Bonchev–Trinajstić information content (AvgIpc) is 2.05. The third kappa shape index (κ3) is 1.09. The highest BCUT2D eigenvalue weighted by Crippen LogP contribution is 2.28. The van der Waals surface area contributed by atoms with Crippen molar-refractivity contribution in [1.29, 1.82) is 0 Å². The van der Waals surface area contributed by atoms with Gasteiger partial charge in [-0.1, -0.05) is 6.42 Å². The topological polar surface area (TPSA) is 12.4 Å². The molecule has 0 amide bonds. The Hall–Kier alpha value is -0.330. The lowest BCUT2D eigenvalue weighted by molar-refractivity contribution is 0.466. The number of hydrogen-bond donors (Lipinski definition) is 0. The van der Waals surface area contributed by atoms with Crippen LogP contribution in [0.2, 0.25) is 0 Å². The van der Waals surface area contributed by atoms with Gasteiger partial charge in [-0.05, 0) is 38.0 Å². The summed E-state index contributed by atoms with van der Waals surface area (Å²) >= 11 is 0. The first-order valence-electron chi connectivity index (χ1n) is 4.50. The molecule has 1 heteroatoms. The van der Waals surface area contributed by atoms with E-state index < -0.39 is 0 Å². The lowest BCUT2D eigenvalue weighted by Gasteiger charge is -2.27. The standard InChI is InChI=1S/C9H15N/c1-2-6-9-8(4-1)5-3-7-10-9/h8H,1-7H2/t8-/m0/s1. The van der Waals surface area contributed by atoms with Gasteiger partial charge in [0.25, 0.3) is 0 Å². The number of rotatable bonds is 0. The third-order valence-electron chi connectivity index (χ3n) is 2.73. The van der Waals surface area contributed by atoms with E-state index in [1.807, 2.05) is 0 Å². The van der Waals surface area contributed by atoms with E-state index in [0.29, 0.717) is 0 Å². The van der Waals surface area contributed by atoms with E-state index in [1.165, 1.54) is 38.5 Å². The Bertz CT molecular complexity index is 149. The fourth-order valence-corrected chi connectivity index (χ4v) is 2.15. The summed E-state index contributed by atoms with van der Waals surface area (Å²) in [5, 5.41) is 0. The average molecular weight is 137 g/mol. The number of hydrogen-bond acceptors (Lipinski definition) is 1. The maximum atomic E-state index is 4.57. The van der Waals surface area contributed by atoms with Crippen LogP contribution in [0.5, 0.6) is 0 Å². The molecule has 56 valence electrons. The molecule has 2 aliphatic rings. The minimum Gasteiger partial charge on any atom is -0.294 e. The highest BCUT2D eigenvalue weighted by atomic mass is 14.8. The third-order valence-corrected chi connectivity index (χ3v) is 2.73. The molecule has 2 rings (SSSR count). The van der Waals surface area contributed by atoms with Gasteiger partial charge in [0.05, 0.1) is 0 Å². The van der Waals surface area contributed by atoms with Gasteiger partial charge in [-0.25, -0.2) is 0 Å². The van der Waals surface area contributed by atoms with E-state index in [9.17, 15) is 0 Å². The van der Waals surface area contributed by atoms with Crippen LogP contribution in [-0.4, -0.2) is 12.3 Å². The lowest BCUT2D eigenvalue weighted by Crippen LogP contribution is -2.23. The van der Waals surface area contributed by atoms with Crippen molar-refractivity contribution < 1.29 is 0 Å². The van der Waals surface area contributed by atoms with Crippen molar-refractivity contribution in [1.82, 2.24) is 0 Å².